The molecular formula is C11H14N2O2. The molecule has 4 heteroatoms. The molecule has 1 fully saturated rings. The highest BCUT2D eigenvalue weighted by atomic mass is 16.3. The SMILES string of the molecule is CN1C(=O)C(C)(O)CN1c1ccccc1. The summed E-state index contributed by atoms with van der Waals surface area (Å²) >= 11 is 0. The molecule has 0 bridgehead atoms. The zero-order valence-electron chi connectivity index (χ0n) is 8.84. The summed E-state index contributed by atoms with van der Waals surface area (Å²) in [7, 11) is 1.66. The second-order valence-corrected chi connectivity index (χ2v) is 4.00. The van der Waals surface area contributed by atoms with Crippen LogP contribution in [0.1, 0.15) is 6.92 Å². The van der Waals surface area contributed by atoms with Crippen molar-refractivity contribution in [2.45, 2.75) is 12.5 Å². The number of anilines is 1. The highest BCUT2D eigenvalue weighted by molar-refractivity contribution is 5.89. The molecule has 1 heterocycles. The number of hydrazine groups is 1. The molecule has 1 atom stereocenters. The Morgan fingerprint density at radius 2 is 1.93 bits per heavy atom. The van der Waals surface area contributed by atoms with Crippen molar-refractivity contribution in [3.05, 3.63) is 30.3 Å². The van der Waals surface area contributed by atoms with Crippen LogP contribution in [0, 0.1) is 0 Å². The van der Waals surface area contributed by atoms with Gasteiger partial charge in [0.15, 0.2) is 5.60 Å². The van der Waals surface area contributed by atoms with Gasteiger partial charge in [-0.15, -0.1) is 0 Å². The second kappa shape index (κ2) is 3.24. The number of carbonyl (C=O) groups is 1. The summed E-state index contributed by atoms with van der Waals surface area (Å²) in [4.78, 5) is 11.6. The number of carbonyl (C=O) groups excluding carboxylic acids is 1. The minimum atomic E-state index is -1.29. The maximum Gasteiger partial charge on any atom is 0.274 e. The topological polar surface area (TPSA) is 43.8 Å². The van der Waals surface area contributed by atoms with Crippen LogP contribution in [0.3, 0.4) is 0 Å². The number of β-amino-alcohol motifs (C(OH)–C–C–N with tert-alkyl or cyclic N) is 1. The van der Waals surface area contributed by atoms with E-state index in [1.54, 1.807) is 12.1 Å². The number of hydrogen-bond acceptors (Lipinski definition) is 3. The van der Waals surface area contributed by atoms with Gasteiger partial charge in [0.1, 0.15) is 0 Å². The van der Waals surface area contributed by atoms with Crippen LogP contribution in [0.5, 0.6) is 0 Å². The Hall–Kier alpha value is -1.55. The van der Waals surface area contributed by atoms with Crippen LogP contribution in [0.4, 0.5) is 5.69 Å². The van der Waals surface area contributed by atoms with Crippen LogP contribution in [-0.4, -0.2) is 35.2 Å². The molecular weight excluding hydrogens is 192 g/mol. The van der Waals surface area contributed by atoms with E-state index in [0.717, 1.165) is 5.69 Å². The van der Waals surface area contributed by atoms with Gasteiger partial charge in [0.2, 0.25) is 0 Å². The number of likely N-dealkylation sites (N-methyl/N-ethyl adjacent to an activating group) is 1. The number of rotatable bonds is 1. The largest absolute Gasteiger partial charge is 0.378 e. The Morgan fingerprint density at radius 1 is 1.33 bits per heavy atom. The van der Waals surface area contributed by atoms with Crippen LogP contribution in [0.2, 0.25) is 0 Å². The number of para-hydroxylation sites is 1. The number of nitrogens with zero attached hydrogens (tertiary/aromatic N) is 2. The molecule has 1 aromatic rings. The Kier molecular flexibility index (Phi) is 2.16. The first-order valence-electron chi connectivity index (χ1n) is 4.85. The molecule has 1 aliphatic heterocycles. The van der Waals surface area contributed by atoms with E-state index < -0.39 is 5.60 Å². The molecule has 0 radical (unpaired) electrons. The fraction of sp³-hybridized carbons (Fsp3) is 0.364. The third-order valence-corrected chi connectivity index (χ3v) is 2.63. The maximum atomic E-state index is 11.6. The minimum absolute atomic E-state index is 0.272. The molecule has 1 unspecified atom stereocenters. The van der Waals surface area contributed by atoms with Crippen molar-refractivity contribution in [3.8, 4) is 0 Å². The molecule has 0 spiro atoms. The lowest BCUT2D eigenvalue weighted by Gasteiger charge is -2.25. The van der Waals surface area contributed by atoms with Crippen molar-refractivity contribution in [3.63, 3.8) is 0 Å². The van der Waals surface area contributed by atoms with Gasteiger partial charge in [-0.3, -0.25) is 14.8 Å². The Bertz CT molecular complexity index is 375. The average molecular weight is 206 g/mol. The highest BCUT2D eigenvalue weighted by Crippen LogP contribution is 2.26. The normalized spacial score (nSPS) is 26.2. The van der Waals surface area contributed by atoms with E-state index in [0.29, 0.717) is 6.54 Å². The lowest BCUT2D eigenvalue weighted by Crippen LogP contribution is -2.37. The third kappa shape index (κ3) is 1.57. The van der Waals surface area contributed by atoms with E-state index in [9.17, 15) is 9.90 Å². The number of hydrogen-bond donors (Lipinski definition) is 1. The number of benzene rings is 1. The standard InChI is InChI=1S/C11H14N2O2/c1-11(15)8-13(12(2)10(11)14)9-6-4-3-5-7-9/h3-7,15H,8H2,1-2H3. The van der Waals surface area contributed by atoms with E-state index in [2.05, 4.69) is 0 Å². The molecule has 1 saturated heterocycles. The second-order valence-electron chi connectivity index (χ2n) is 4.00. The molecule has 0 saturated carbocycles. The summed E-state index contributed by atoms with van der Waals surface area (Å²) in [5.41, 5.74) is -0.379. The van der Waals surface area contributed by atoms with E-state index in [1.165, 1.54) is 11.9 Å². The van der Waals surface area contributed by atoms with Gasteiger partial charge < -0.3 is 5.11 Å². The molecule has 0 aromatic heterocycles. The fourth-order valence-corrected chi connectivity index (χ4v) is 1.79. The smallest absolute Gasteiger partial charge is 0.274 e. The number of aliphatic hydroxyl groups is 1. The molecule has 0 aliphatic carbocycles. The molecule has 1 amide bonds. The lowest BCUT2D eigenvalue weighted by atomic mass is 10.1. The predicted molar refractivity (Wildman–Crippen MR) is 57.2 cm³/mol. The van der Waals surface area contributed by atoms with Gasteiger partial charge in [0, 0.05) is 7.05 Å². The van der Waals surface area contributed by atoms with Gasteiger partial charge in [-0.1, -0.05) is 18.2 Å². The first kappa shape index (κ1) is 9.98. The quantitative estimate of drug-likeness (QED) is 0.733. The molecule has 1 aliphatic rings. The molecule has 15 heavy (non-hydrogen) atoms. The van der Waals surface area contributed by atoms with Crippen molar-refractivity contribution in [2.24, 2.45) is 0 Å². The average Bonchev–Trinajstić information content (AvgIpc) is 2.44. The highest BCUT2D eigenvalue weighted by Gasteiger charge is 2.44. The van der Waals surface area contributed by atoms with Gasteiger partial charge in [0.05, 0.1) is 12.2 Å². The van der Waals surface area contributed by atoms with Crippen molar-refractivity contribution < 1.29 is 9.90 Å². The maximum absolute atomic E-state index is 11.6. The monoisotopic (exact) mass is 206 g/mol. The summed E-state index contributed by atoms with van der Waals surface area (Å²) < 4.78 is 0. The van der Waals surface area contributed by atoms with Gasteiger partial charge in [-0.05, 0) is 19.1 Å². The summed E-state index contributed by atoms with van der Waals surface area (Å²) in [6, 6.07) is 9.54. The van der Waals surface area contributed by atoms with Gasteiger partial charge in [-0.25, -0.2) is 0 Å². The fourth-order valence-electron chi connectivity index (χ4n) is 1.79. The van der Waals surface area contributed by atoms with Crippen molar-refractivity contribution in [2.75, 3.05) is 18.6 Å². The van der Waals surface area contributed by atoms with E-state index >= 15 is 0 Å². The Balaban J connectivity index is 2.31. The van der Waals surface area contributed by atoms with Gasteiger partial charge in [-0.2, -0.15) is 0 Å². The first-order valence-corrected chi connectivity index (χ1v) is 4.85. The van der Waals surface area contributed by atoms with Crippen LogP contribution in [-0.2, 0) is 4.79 Å². The van der Waals surface area contributed by atoms with Crippen molar-refractivity contribution >= 4 is 11.6 Å². The molecule has 4 nitrogen and oxygen atoms in total. The predicted octanol–water partition coefficient (Wildman–Crippen LogP) is 0.631. The first-order chi connectivity index (χ1) is 7.02. The third-order valence-electron chi connectivity index (χ3n) is 2.63. The lowest BCUT2D eigenvalue weighted by molar-refractivity contribution is -0.140. The van der Waals surface area contributed by atoms with Crippen LogP contribution >= 0.6 is 0 Å². The van der Waals surface area contributed by atoms with Gasteiger partial charge >= 0.3 is 0 Å². The molecule has 1 N–H and O–H groups in total. The zero-order valence-corrected chi connectivity index (χ0v) is 8.84. The molecule has 80 valence electrons. The minimum Gasteiger partial charge on any atom is -0.378 e. The Labute approximate surface area is 88.7 Å². The van der Waals surface area contributed by atoms with Crippen molar-refractivity contribution in [1.82, 2.24) is 5.01 Å². The van der Waals surface area contributed by atoms with Gasteiger partial charge in [0.25, 0.3) is 5.91 Å². The molecule has 2 rings (SSSR count). The van der Waals surface area contributed by atoms with E-state index in [1.807, 2.05) is 30.3 Å². The summed E-state index contributed by atoms with van der Waals surface area (Å²) in [5, 5.41) is 13.1. The van der Waals surface area contributed by atoms with Crippen LogP contribution < -0.4 is 5.01 Å². The molecule has 1 aromatic carbocycles. The zero-order chi connectivity index (χ0) is 11.1. The summed E-state index contributed by atoms with van der Waals surface area (Å²) in [5.74, 6) is -0.272. The Morgan fingerprint density at radius 3 is 2.40 bits per heavy atom. The van der Waals surface area contributed by atoms with E-state index in [4.69, 9.17) is 0 Å². The van der Waals surface area contributed by atoms with Crippen LogP contribution in [0.15, 0.2) is 30.3 Å². The van der Waals surface area contributed by atoms with E-state index in [-0.39, 0.29) is 5.91 Å². The number of amides is 1. The van der Waals surface area contributed by atoms with Crippen LogP contribution in [0.25, 0.3) is 0 Å². The van der Waals surface area contributed by atoms with Crippen molar-refractivity contribution in [1.29, 1.82) is 0 Å². The summed E-state index contributed by atoms with van der Waals surface area (Å²) in [6.45, 7) is 1.83. The summed E-state index contributed by atoms with van der Waals surface area (Å²) in [6.07, 6.45) is 0.